The van der Waals surface area contributed by atoms with Gasteiger partial charge >= 0.3 is 0 Å². The molecular weight excluding hydrogens is 356 g/mol. The van der Waals surface area contributed by atoms with Crippen molar-refractivity contribution in [3.05, 3.63) is 41.5 Å². The van der Waals surface area contributed by atoms with Gasteiger partial charge in [0.25, 0.3) is 0 Å². The van der Waals surface area contributed by atoms with E-state index in [4.69, 9.17) is 0 Å². The minimum Gasteiger partial charge on any atom is -0.390 e. The number of hydrogen-bond donors (Lipinski definition) is 1. The van der Waals surface area contributed by atoms with E-state index in [2.05, 4.69) is 51.1 Å². The van der Waals surface area contributed by atoms with Crippen LogP contribution >= 0.6 is 0 Å². The summed E-state index contributed by atoms with van der Waals surface area (Å²) in [6, 6.07) is 10.3. The van der Waals surface area contributed by atoms with Crippen molar-refractivity contribution in [3.63, 3.8) is 0 Å². The lowest BCUT2D eigenvalue weighted by molar-refractivity contribution is -0.147. The van der Waals surface area contributed by atoms with E-state index in [-0.39, 0.29) is 10.8 Å². The number of ketones is 1. The van der Waals surface area contributed by atoms with Crippen LogP contribution in [0.1, 0.15) is 77.7 Å². The molecule has 0 amide bonds. The van der Waals surface area contributed by atoms with Crippen molar-refractivity contribution >= 4 is 11.9 Å². The van der Waals surface area contributed by atoms with E-state index in [9.17, 15) is 9.90 Å². The number of aliphatic hydroxyl groups is 1. The Balaban J connectivity index is 1.46. The highest BCUT2D eigenvalue weighted by atomic mass is 16.3. The van der Waals surface area contributed by atoms with E-state index in [0.29, 0.717) is 23.5 Å². The van der Waals surface area contributed by atoms with E-state index < -0.39 is 5.60 Å². The first-order valence-electron chi connectivity index (χ1n) is 11.8. The maximum absolute atomic E-state index is 13.0. The highest BCUT2D eigenvalue weighted by Gasteiger charge is 2.63. The van der Waals surface area contributed by atoms with Gasteiger partial charge in [0, 0.05) is 6.42 Å². The number of hydrogen-bond acceptors (Lipinski definition) is 2. The van der Waals surface area contributed by atoms with Gasteiger partial charge in [0.05, 0.1) is 5.60 Å². The number of carbonyl (C=O) groups excluding carboxylic acids is 1. The van der Waals surface area contributed by atoms with Gasteiger partial charge in [0.1, 0.15) is 0 Å². The second-order valence-electron chi connectivity index (χ2n) is 11.3. The molecule has 0 bridgehead atoms. The molecule has 1 aromatic carbocycles. The number of Topliss-reactive ketones (excluding diaryl/α,β-unsaturated/α-hetero) is 1. The Morgan fingerprint density at radius 3 is 2.45 bits per heavy atom. The number of allylic oxidation sites excluding steroid dienone is 1. The highest BCUT2D eigenvalue weighted by molar-refractivity contribution is 6.00. The van der Waals surface area contributed by atoms with E-state index in [1.54, 1.807) is 0 Å². The van der Waals surface area contributed by atoms with Crippen LogP contribution in [0.25, 0.3) is 6.08 Å². The molecule has 5 rings (SSSR count). The first kappa shape index (κ1) is 19.5. The third kappa shape index (κ3) is 2.81. The Kier molecular flexibility index (Phi) is 4.41. The molecule has 1 N–H and O–H groups in total. The van der Waals surface area contributed by atoms with Crippen molar-refractivity contribution in [1.29, 1.82) is 0 Å². The molecule has 4 aliphatic rings. The Morgan fingerprint density at radius 2 is 1.69 bits per heavy atom. The molecule has 156 valence electrons. The minimum atomic E-state index is -0.513. The fourth-order valence-electron chi connectivity index (χ4n) is 8.13. The fraction of sp³-hybridized carbons (Fsp3) is 0.667. The van der Waals surface area contributed by atoms with Gasteiger partial charge in [-0.1, -0.05) is 44.2 Å². The zero-order valence-corrected chi connectivity index (χ0v) is 18.3. The maximum atomic E-state index is 13.0. The monoisotopic (exact) mass is 392 g/mol. The van der Waals surface area contributed by atoms with Crippen LogP contribution in [0.2, 0.25) is 0 Å². The summed E-state index contributed by atoms with van der Waals surface area (Å²) in [5.74, 6) is 2.97. The second kappa shape index (κ2) is 6.54. The smallest absolute Gasteiger partial charge is 0.159 e. The van der Waals surface area contributed by atoms with Crippen LogP contribution < -0.4 is 0 Å². The van der Waals surface area contributed by atoms with Crippen molar-refractivity contribution in [2.75, 3.05) is 0 Å². The summed E-state index contributed by atoms with van der Waals surface area (Å²) in [5.41, 5.74) is 1.98. The van der Waals surface area contributed by atoms with Gasteiger partial charge in [0.2, 0.25) is 0 Å². The number of fused-ring (bicyclic) bond motifs is 5. The Bertz CT molecular complexity index is 837. The molecule has 0 aromatic heterocycles. The van der Waals surface area contributed by atoms with Gasteiger partial charge in [0.15, 0.2) is 5.78 Å². The third-order valence-corrected chi connectivity index (χ3v) is 10.1. The van der Waals surface area contributed by atoms with E-state index in [1.807, 2.05) is 6.07 Å². The molecular formula is C27H36O2. The van der Waals surface area contributed by atoms with Crippen molar-refractivity contribution in [2.24, 2.45) is 34.5 Å². The van der Waals surface area contributed by atoms with E-state index in [1.165, 1.54) is 25.7 Å². The summed E-state index contributed by atoms with van der Waals surface area (Å²) in [7, 11) is 0. The molecule has 2 heteroatoms. The molecule has 0 aliphatic heterocycles. The summed E-state index contributed by atoms with van der Waals surface area (Å²) in [6.45, 7) is 6.94. The lowest BCUT2D eigenvalue weighted by Crippen LogP contribution is -2.56. The lowest BCUT2D eigenvalue weighted by atomic mass is 9.44. The number of rotatable bonds is 1. The van der Waals surface area contributed by atoms with E-state index in [0.717, 1.165) is 42.7 Å². The molecule has 0 heterocycles. The van der Waals surface area contributed by atoms with Crippen LogP contribution in [0.4, 0.5) is 0 Å². The van der Waals surface area contributed by atoms with Gasteiger partial charge in [-0.2, -0.15) is 0 Å². The average Bonchev–Trinajstić information content (AvgIpc) is 2.93. The summed E-state index contributed by atoms with van der Waals surface area (Å²) >= 11 is 0. The standard InChI is InChI=1S/C27H36O2/c1-25-17-19(15-18-7-5-4-6-8-18)24(28)16-20(25)9-10-21-22(25)11-13-26(2)23(21)12-14-27(26,3)29/h4-8,15,20-23,29H,9-14,16-17H2,1-3H3/b19-15+/t20-,21+,22-,23-,25-,26+,27-/m0/s1. The third-order valence-electron chi connectivity index (χ3n) is 10.1. The number of benzene rings is 1. The predicted molar refractivity (Wildman–Crippen MR) is 117 cm³/mol. The quantitative estimate of drug-likeness (QED) is 0.591. The highest BCUT2D eigenvalue weighted by Crippen LogP contribution is 2.68. The van der Waals surface area contributed by atoms with Crippen molar-refractivity contribution < 1.29 is 9.90 Å². The average molecular weight is 393 g/mol. The van der Waals surface area contributed by atoms with Crippen molar-refractivity contribution in [1.82, 2.24) is 0 Å². The van der Waals surface area contributed by atoms with Crippen LogP contribution in [0.5, 0.6) is 0 Å². The van der Waals surface area contributed by atoms with E-state index >= 15 is 0 Å². The molecule has 4 fully saturated rings. The largest absolute Gasteiger partial charge is 0.390 e. The Morgan fingerprint density at radius 1 is 0.966 bits per heavy atom. The van der Waals surface area contributed by atoms with Gasteiger partial charge in [-0.05, 0) is 104 Å². The second-order valence-corrected chi connectivity index (χ2v) is 11.3. The topological polar surface area (TPSA) is 37.3 Å². The van der Waals surface area contributed by atoms with Crippen LogP contribution in [0.3, 0.4) is 0 Å². The summed E-state index contributed by atoms with van der Waals surface area (Å²) < 4.78 is 0. The first-order chi connectivity index (χ1) is 13.7. The molecule has 0 radical (unpaired) electrons. The zero-order chi connectivity index (χ0) is 20.4. The molecule has 4 saturated carbocycles. The Labute approximate surface area is 175 Å². The summed E-state index contributed by atoms with van der Waals surface area (Å²) in [4.78, 5) is 13.0. The summed E-state index contributed by atoms with van der Waals surface area (Å²) in [6.07, 6.45) is 10.8. The predicted octanol–water partition coefficient (Wildman–Crippen LogP) is 6.04. The van der Waals surface area contributed by atoms with Crippen LogP contribution in [0, 0.1) is 34.5 Å². The molecule has 29 heavy (non-hydrogen) atoms. The molecule has 0 spiro atoms. The molecule has 7 atom stereocenters. The Hall–Kier alpha value is -1.41. The summed E-state index contributed by atoms with van der Waals surface area (Å²) in [5, 5.41) is 11.1. The minimum absolute atomic E-state index is 0.0740. The van der Waals surface area contributed by atoms with Crippen LogP contribution in [0.15, 0.2) is 35.9 Å². The SMILES string of the molecule is C[C@]12C/C(=C\c3ccccc3)C(=O)C[C@@H]1CC[C@@H]1[C@@H]2CC[C@]2(C)[C@H]1CC[C@]2(C)O. The molecule has 4 aliphatic carbocycles. The van der Waals surface area contributed by atoms with Crippen molar-refractivity contribution in [2.45, 2.75) is 77.7 Å². The zero-order valence-electron chi connectivity index (χ0n) is 18.3. The van der Waals surface area contributed by atoms with Crippen LogP contribution in [-0.2, 0) is 4.79 Å². The molecule has 1 aromatic rings. The van der Waals surface area contributed by atoms with Crippen LogP contribution in [-0.4, -0.2) is 16.5 Å². The van der Waals surface area contributed by atoms with Gasteiger partial charge in [-0.15, -0.1) is 0 Å². The van der Waals surface area contributed by atoms with Gasteiger partial charge < -0.3 is 5.11 Å². The normalized spacial score (nSPS) is 48.1. The first-order valence-corrected chi connectivity index (χ1v) is 11.8. The molecule has 0 unspecified atom stereocenters. The fourth-order valence-corrected chi connectivity index (χ4v) is 8.13. The number of carbonyl (C=O) groups is 1. The lowest BCUT2D eigenvalue weighted by Gasteiger charge is -2.61. The van der Waals surface area contributed by atoms with Crippen molar-refractivity contribution in [3.8, 4) is 0 Å². The van der Waals surface area contributed by atoms with Gasteiger partial charge in [-0.25, -0.2) is 0 Å². The maximum Gasteiger partial charge on any atom is 0.159 e. The molecule has 2 nitrogen and oxygen atoms in total. The molecule has 0 saturated heterocycles. The van der Waals surface area contributed by atoms with Gasteiger partial charge in [-0.3, -0.25) is 4.79 Å².